The van der Waals surface area contributed by atoms with Gasteiger partial charge in [-0.05, 0) is 74.6 Å². The molecular formula is C16H17ClN2OS. The van der Waals surface area contributed by atoms with Gasteiger partial charge < -0.3 is 15.4 Å². The predicted molar refractivity (Wildman–Crippen MR) is 93.5 cm³/mol. The van der Waals surface area contributed by atoms with E-state index >= 15 is 0 Å². The molecule has 2 aromatic carbocycles. The Morgan fingerprint density at radius 3 is 1.90 bits per heavy atom. The van der Waals surface area contributed by atoms with Gasteiger partial charge in [0.1, 0.15) is 5.75 Å². The van der Waals surface area contributed by atoms with Gasteiger partial charge in [0, 0.05) is 16.4 Å². The second-order valence-electron chi connectivity index (χ2n) is 4.78. The summed E-state index contributed by atoms with van der Waals surface area (Å²) in [6.45, 7) is 3.99. The molecule has 0 atom stereocenters. The van der Waals surface area contributed by atoms with Gasteiger partial charge in [-0.25, -0.2) is 0 Å². The van der Waals surface area contributed by atoms with E-state index in [0.29, 0.717) is 10.1 Å². The first kappa shape index (κ1) is 15.6. The van der Waals surface area contributed by atoms with Crippen LogP contribution in [0.5, 0.6) is 5.75 Å². The van der Waals surface area contributed by atoms with Crippen molar-refractivity contribution >= 4 is 40.3 Å². The zero-order valence-electron chi connectivity index (χ0n) is 11.9. The van der Waals surface area contributed by atoms with Gasteiger partial charge in [0.05, 0.1) is 6.10 Å². The van der Waals surface area contributed by atoms with E-state index in [2.05, 4.69) is 10.6 Å². The smallest absolute Gasteiger partial charge is 0.175 e. The second-order valence-corrected chi connectivity index (χ2v) is 5.62. The third kappa shape index (κ3) is 5.25. The van der Waals surface area contributed by atoms with Crippen molar-refractivity contribution in [1.82, 2.24) is 0 Å². The molecule has 2 rings (SSSR count). The SMILES string of the molecule is CC(C)Oc1ccc(NC(=S)Nc2ccc(Cl)cc2)cc1. The first-order valence-electron chi connectivity index (χ1n) is 6.63. The number of halogens is 1. The van der Waals surface area contributed by atoms with Crippen LogP contribution >= 0.6 is 23.8 Å². The lowest BCUT2D eigenvalue weighted by Crippen LogP contribution is -2.18. The lowest BCUT2D eigenvalue weighted by atomic mass is 10.3. The molecule has 110 valence electrons. The fourth-order valence-corrected chi connectivity index (χ4v) is 2.08. The Bertz CT molecular complexity index is 597. The molecule has 0 amide bonds. The minimum atomic E-state index is 0.163. The van der Waals surface area contributed by atoms with Crippen molar-refractivity contribution in [3.05, 3.63) is 53.6 Å². The Balaban J connectivity index is 1.91. The Morgan fingerprint density at radius 1 is 0.952 bits per heavy atom. The van der Waals surface area contributed by atoms with Crippen LogP contribution in [0, 0.1) is 0 Å². The highest BCUT2D eigenvalue weighted by Gasteiger charge is 2.01. The van der Waals surface area contributed by atoms with E-state index in [-0.39, 0.29) is 6.10 Å². The molecule has 0 saturated carbocycles. The topological polar surface area (TPSA) is 33.3 Å². The van der Waals surface area contributed by atoms with Gasteiger partial charge in [-0.2, -0.15) is 0 Å². The number of rotatable bonds is 4. The lowest BCUT2D eigenvalue weighted by Gasteiger charge is -2.12. The van der Waals surface area contributed by atoms with Crippen molar-refractivity contribution in [1.29, 1.82) is 0 Å². The zero-order chi connectivity index (χ0) is 15.2. The van der Waals surface area contributed by atoms with E-state index in [9.17, 15) is 0 Å². The van der Waals surface area contributed by atoms with Gasteiger partial charge in [-0.1, -0.05) is 11.6 Å². The van der Waals surface area contributed by atoms with Gasteiger partial charge in [-0.3, -0.25) is 0 Å². The van der Waals surface area contributed by atoms with Gasteiger partial charge in [0.2, 0.25) is 0 Å². The highest BCUT2D eigenvalue weighted by molar-refractivity contribution is 7.80. The fraction of sp³-hybridized carbons (Fsp3) is 0.188. The fourth-order valence-electron chi connectivity index (χ4n) is 1.72. The summed E-state index contributed by atoms with van der Waals surface area (Å²) >= 11 is 11.1. The average molecular weight is 321 g/mol. The Kier molecular flexibility index (Phi) is 5.42. The molecule has 0 spiro atoms. The Labute approximate surface area is 135 Å². The maximum Gasteiger partial charge on any atom is 0.175 e. The van der Waals surface area contributed by atoms with Crippen LogP contribution in [0.15, 0.2) is 48.5 Å². The molecule has 0 unspecified atom stereocenters. The normalized spacial score (nSPS) is 10.3. The molecule has 2 aromatic rings. The quantitative estimate of drug-likeness (QED) is 0.782. The maximum atomic E-state index is 5.84. The Morgan fingerprint density at radius 2 is 1.43 bits per heavy atom. The maximum absolute atomic E-state index is 5.84. The van der Waals surface area contributed by atoms with Gasteiger partial charge in [0.25, 0.3) is 0 Å². The highest BCUT2D eigenvalue weighted by Crippen LogP contribution is 2.18. The molecule has 2 N–H and O–H groups in total. The van der Waals surface area contributed by atoms with Crippen LogP contribution in [0.4, 0.5) is 11.4 Å². The summed E-state index contributed by atoms with van der Waals surface area (Å²) in [4.78, 5) is 0. The van der Waals surface area contributed by atoms with Crippen molar-refractivity contribution in [3.63, 3.8) is 0 Å². The summed E-state index contributed by atoms with van der Waals surface area (Å²) in [7, 11) is 0. The van der Waals surface area contributed by atoms with Crippen LogP contribution < -0.4 is 15.4 Å². The monoisotopic (exact) mass is 320 g/mol. The van der Waals surface area contributed by atoms with E-state index in [0.717, 1.165) is 17.1 Å². The summed E-state index contributed by atoms with van der Waals surface area (Å²) in [5.41, 5.74) is 1.79. The molecular weight excluding hydrogens is 304 g/mol. The molecule has 0 bridgehead atoms. The van der Waals surface area contributed by atoms with Crippen LogP contribution in [0.1, 0.15) is 13.8 Å². The number of benzene rings is 2. The summed E-state index contributed by atoms with van der Waals surface area (Å²) in [5, 5.41) is 7.43. The third-order valence-electron chi connectivity index (χ3n) is 2.59. The van der Waals surface area contributed by atoms with Gasteiger partial charge in [0.15, 0.2) is 5.11 Å². The molecule has 3 nitrogen and oxygen atoms in total. The molecule has 5 heteroatoms. The Hall–Kier alpha value is -1.78. The van der Waals surface area contributed by atoms with Crippen molar-refractivity contribution < 1.29 is 4.74 Å². The summed E-state index contributed by atoms with van der Waals surface area (Å²) in [6, 6.07) is 15.0. The van der Waals surface area contributed by atoms with Crippen molar-refractivity contribution in [2.75, 3.05) is 10.6 Å². The van der Waals surface area contributed by atoms with Crippen LogP contribution in [-0.4, -0.2) is 11.2 Å². The van der Waals surface area contributed by atoms with Gasteiger partial charge >= 0.3 is 0 Å². The molecule has 0 aromatic heterocycles. The minimum Gasteiger partial charge on any atom is -0.491 e. The first-order chi connectivity index (χ1) is 10.0. The molecule has 0 heterocycles. The summed E-state index contributed by atoms with van der Waals surface area (Å²) in [6.07, 6.45) is 0.163. The number of hydrogen-bond donors (Lipinski definition) is 2. The van der Waals surface area contributed by atoms with Crippen molar-refractivity contribution in [2.24, 2.45) is 0 Å². The first-order valence-corrected chi connectivity index (χ1v) is 7.42. The van der Waals surface area contributed by atoms with E-state index in [1.807, 2.05) is 62.4 Å². The van der Waals surface area contributed by atoms with E-state index in [1.165, 1.54) is 0 Å². The molecule has 0 aliphatic heterocycles. The molecule has 0 aliphatic carbocycles. The molecule has 0 saturated heterocycles. The number of thiocarbonyl (C=S) groups is 1. The second kappa shape index (κ2) is 7.29. The molecule has 0 radical (unpaired) electrons. The van der Waals surface area contributed by atoms with Crippen LogP contribution in [0.2, 0.25) is 5.02 Å². The van der Waals surface area contributed by atoms with Crippen LogP contribution in [0.25, 0.3) is 0 Å². The van der Waals surface area contributed by atoms with Crippen LogP contribution in [0.3, 0.4) is 0 Å². The lowest BCUT2D eigenvalue weighted by molar-refractivity contribution is 0.242. The zero-order valence-corrected chi connectivity index (χ0v) is 13.5. The highest BCUT2D eigenvalue weighted by atomic mass is 35.5. The number of anilines is 2. The number of hydrogen-bond acceptors (Lipinski definition) is 2. The number of nitrogens with one attached hydrogen (secondary N) is 2. The van der Waals surface area contributed by atoms with Gasteiger partial charge in [-0.15, -0.1) is 0 Å². The van der Waals surface area contributed by atoms with Crippen molar-refractivity contribution in [2.45, 2.75) is 20.0 Å². The minimum absolute atomic E-state index is 0.163. The number of ether oxygens (including phenoxy) is 1. The van der Waals surface area contributed by atoms with Crippen molar-refractivity contribution in [3.8, 4) is 5.75 Å². The van der Waals surface area contributed by atoms with Crippen LogP contribution in [-0.2, 0) is 0 Å². The molecule has 0 fully saturated rings. The summed E-state index contributed by atoms with van der Waals surface area (Å²) in [5.74, 6) is 0.840. The summed E-state index contributed by atoms with van der Waals surface area (Å²) < 4.78 is 5.59. The third-order valence-corrected chi connectivity index (χ3v) is 3.04. The average Bonchev–Trinajstić information content (AvgIpc) is 2.43. The molecule has 21 heavy (non-hydrogen) atoms. The van der Waals surface area contributed by atoms with E-state index < -0.39 is 0 Å². The largest absolute Gasteiger partial charge is 0.491 e. The standard InChI is InChI=1S/C16H17ClN2OS/c1-11(2)20-15-9-7-14(8-10-15)19-16(21)18-13-5-3-12(17)4-6-13/h3-11H,1-2H3,(H2,18,19,21). The predicted octanol–water partition coefficient (Wildman–Crippen LogP) is 4.94. The van der Waals surface area contributed by atoms with E-state index in [4.69, 9.17) is 28.6 Å². The molecule has 0 aliphatic rings. The van der Waals surface area contributed by atoms with E-state index in [1.54, 1.807) is 0 Å².